The lowest BCUT2D eigenvalue weighted by Crippen LogP contribution is -2.26. The Kier molecular flexibility index (Phi) is 6.66. The van der Waals surface area contributed by atoms with Crippen molar-refractivity contribution < 1.29 is 9.32 Å². The van der Waals surface area contributed by atoms with Gasteiger partial charge in [-0.3, -0.25) is 4.79 Å². The largest absolute Gasteiger partial charge is 0.356 e. The fraction of sp³-hybridized carbons (Fsp3) is 0.800. The van der Waals surface area contributed by atoms with Crippen LogP contribution in [-0.2, 0) is 17.6 Å². The SMILES string of the molecule is CCCc1noc(CCCC(=O)NCCC2CCNC2)n1. The normalized spacial score (nSPS) is 18.0. The minimum Gasteiger partial charge on any atom is -0.356 e. The van der Waals surface area contributed by atoms with Gasteiger partial charge in [-0.2, -0.15) is 4.98 Å². The first-order chi connectivity index (χ1) is 10.3. The average Bonchev–Trinajstić information content (AvgIpc) is 3.11. The van der Waals surface area contributed by atoms with Crippen LogP contribution in [0.4, 0.5) is 0 Å². The molecule has 0 spiro atoms. The molecule has 2 N–H and O–H groups in total. The van der Waals surface area contributed by atoms with Gasteiger partial charge in [0.25, 0.3) is 0 Å². The van der Waals surface area contributed by atoms with Crippen LogP contribution >= 0.6 is 0 Å². The molecule has 0 radical (unpaired) electrons. The smallest absolute Gasteiger partial charge is 0.226 e. The number of nitrogens with one attached hydrogen (secondary N) is 2. The Morgan fingerprint density at radius 1 is 1.48 bits per heavy atom. The van der Waals surface area contributed by atoms with Crippen molar-refractivity contribution in [1.29, 1.82) is 0 Å². The van der Waals surface area contributed by atoms with Crippen molar-refractivity contribution >= 4 is 5.91 Å². The van der Waals surface area contributed by atoms with E-state index >= 15 is 0 Å². The van der Waals surface area contributed by atoms with E-state index in [2.05, 4.69) is 27.7 Å². The number of rotatable bonds is 9. The van der Waals surface area contributed by atoms with Crippen LogP contribution in [0.3, 0.4) is 0 Å². The van der Waals surface area contributed by atoms with E-state index in [4.69, 9.17) is 4.52 Å². The van der Waals surface area contributed by atoms with Crippen LogP contribution < -0.4 is 10.6 Å². The zero-order valence-electron chi connectivity index (χ0n) is 12.9. The van der Waals surface area contributed by atoms with Gasteiger partial charge in [0.2, 0.25) is 11.8 Å². The van der Waals surface area contributed by atoms with E-state index in [1.165, 1.54) is 6.42 Å². The molecular weight excluding hydrogens is 268 g/mol. The lowest BCUT2D eigenvalue weighted by Gasteiger charge is -2.08. The third kappa shape index (κ3) is 5.83. The topological polar surface area (TPSA) is 80.0 Å². The molecule has 1 aromatic heterocycles. The van der Waals surface area contributed by atoms with Crippen LogP contribution in [0.2, 0.25) is 0 Å². The molecule has 118 valence electrons. The summed E-state index contributed by atoms with van der Waals surface area (Å²) in [5, 5.41) is 10.2. The van der Waals surface area contributed by atoms with Crippen LogP contribution in [0, 0.1) is 5.92 Å². The highest BCUT2D eigenvalue weighted by Gasteiger charge is 2.14. The molecule has 6 heteroatoms. The second-order valence-electron chi connectivity index (χ2n) is 5.71. The van der Waals surface area contributed by atoms with Gasteiger partial charge in [0.15, 0.2) is 5.82 Å². The summed E-state index contributed by atoms with van der Waals surface area (Å²) < 4.78 is 5.15. The van der Waals surface area contributed by atoms with E-state index in [0.29, 0.717) is 18.7 Å². The second-order valence-corrected chi connectivity index (χ2v) is 5.71. The number of amides is 1. The quantitative estimate of drug-likeness (QED) is 0.721. The Hall–Kier alpha value is -1.43. The molecule has 1 unspecified atom stereocenters. The molecular formula is C15H26N4O2. The third-order valence-corrected chi connectivity index (χ3v) is 3.82. The summed E-state index contributed by atoms with van der Waals surface area (Å²) in [5.74, 6) is 2.25. The first-order valence-corrected chi connectivity index (χ1v) is 8.06. The van der Waals surface area contributed by atoms with E-state index in [1.54, 1.807) is 0 Å². The Bertz CT molecular complexity index is 427. The number of aryl methyl sites for hydroxylation is 2. The predicted octanol–water partition coefficient (Wildman–Crippen LogP) is 1.46. The zero-order valence-corrected chi connectivity index (χ0v) is 12.9. The minimum absolute atomic E-state index is 0.120. The molecule has 1 aliphatic heterocycles. The van der Waals surface area contributed by atoms with Crippen molar-refractivity contribution in [3.63, 3.8) is 0 Å². The van der Waals surface area contributed by atoms with E-state index in [0.717, 1.165) is 57.1 Å². The summed E-state index contributed by atoms with van der Waals surface area (Å²) in [5.41, 5.74) is 0. The standard InChI is InChI=1S/C15H26N4O2/c1-2-4-13-18-15(21-19-13)6-3-5-14(20)17-10-8-12-7-9-16-11-12/h12,16H,2-11H2,1H3,(H,17,20). The fourth-order valence-corrected chi connectivity index (χ4v) is 2.58. The Morgan fingerprint density at radius 3 is 3.14 bits per heavy atom. The van der Waals surface area contributed by atoms with Crippen LogP contribution in [0.15, 0.2) is 4.52 Å². The van der Waals surface area contributed by atoms with Gasteiger partial charge in [-0.15, -0.1) is 0 Å². The first-order valence-electron chi connectivity index (χ1n) is 8.06. The summed E-state index contributed by atoms with van der Waals surface area (Å²) in [6.45, 7) is 5.07. The minimum atomic E-state index is 0.120. The summed E-state index contributed by atoms with van der Waals surface area (Å²) in [6, 6.07) is 0. The van der Waals surface area contributed by atoms with Crippen molar-refractivity contribution in [2.24, 2.45) is 5.92 Å². The molecule has 1 amide bonds. The maximum absolute atomic E-state index is 11.7. The van der Waals surface area contributed by atoms with Gasteiger partial charge < -0.3 is 15.2 Å². The van der Waals surface area contributed by atoms with Crippen molar-refractivity contribution in [2.75, 3.05) is 19.6 Å². The highest BCUT2D eigenvalue weighted by molar-refractivity contribution is 5.75. The molecule has 0 aliphatic carbocycles. The van der Waals surface area contributed by atoms with Crippen LogP contribution in [0.5, 0.6) is 0 Å². The third-order valence-electron chi connectivity index (χ3n) is 3.82. The summed E-state index contributed by atoms with van der Waals surface area (Å²) in [4.78, 5) is 16.0. The zero-order chi connectivity index (χ0) is 14.9. The molecule has 1 aliphatic rings. The molecule has 1 atom stereocenters. The molecule has 2 heterocycles. The second kappa shape index (κ2) is 8.77. The lowest BCUT2D eigenvalue weighted by atomic mass is 10.1. The van der Waals surface area contributed by atoms with Crippen molar-refractivity contribution in [3.05, 3.63) is 11.7 Å². The number of nitrogens with zero attached hydrogens (tertiary/aromatic N) is 2. The molecule has 1 aromatic rings. The van der Waals surface area contributed by atoms with Gasteiger partial charge in [0.05, 0.1) is 0 Å². The molecule has 6 nitrogen and oxygen atoms in total. The number of hydrogen-bond donors (Lipinski definition) is 2. The van der Waals surface area contributed by atoms with Crippen LogP contribution in [0.1, 0.15) is 50.7 Å². The monoisotopic (exact) mass is 294 g/mol. The van der Waals surface area contributed by atoms with Crippen molar-refractivity contribution in [2.45, 2.75) is 51.9 Å². The van der Waals surface area contributed by atoms with E-state index in [-0.39, 0.29) is 5.91 Å². The van der Waals surface area contributed by atoms with Gasteiger partial charge >= 0.3 is 0 Å². The van der Waals surface area contributed by atoms with Gasteiger partial charge in [-0.05, 0) is 44.7 Å². The molecule has 1 fully saturated rings. The van der Waals surface area contributed by atoms with E-state index < -0.39 is 0 Å². The number of carbonyl (C=O) groups is 1. The Balaban J connectivity index is 1.53. The van der Waals surface area contributed by atoms with Crippen molar-refractivity contribution in [3.8, 4) is 0 Å². The molecule has 1 saturated heterocycles. The number of carbonyl (C=O) groups excluding carboxylic acids is 1. The van der Waals surface area contributed by atoms with Crippen molar-refractivity contribution in [1.82, 2.24) is 20.8 Å². The maximum atomic E-state index is 11.7. The Morgan fingerprint density at radius 2 is 2.38 bits per heavy atom. The molecule has 0 saturated carbocycles. The van der Waals surface area contributed by atoms with E-state index in [9.17, 15) is 4.79 Å². The number of aromatic nitrogens is 2. The lowest BCUT2D eigenvalue weighted by molar-refractivity contribution is -0.121. The van der Waals surface area contributed by atoms with Crippen LogP contribution in [0.25, 0.3) is 0 Å². The van der Waals surface area contributed by atoms with Gasteiger partial charge in [0, 0.05) is 25.8 Å². The van der Waals surface area contributed by atoms with Crippen LogP contribution in [-0.4, -0.2) is 35.7 Å². The van der Waals surface area contributed by atoms with E-state index in [1.807, 2.05) is 0 Å². The first kappa shape index (κ1) is 15.9. The molecule has 0 aromatic carbocycles. The average molecular weight is 294 g/mol. The van der Waals surface area contributed by atoms with Gasteiger partial charge in [-0.25, -0.2) is 0 Å². The molecule has 2 rings (SSSR count). The molecule has 21 heavy (non-hydrogen) atoms. The highest BCUT2D eigenvalue weighted by Crippen LogP contribution is 2.11. The fourth-order valence-electron chi connectivity index (χ4n) is 2.58. The summed E-state index contributed by atoms with van der Waals surface area (Å²) in [7, 11) is 0. The maximum Gasteiger partial charge on any atom is 0.226 e. The summed E-state index contributed by atoms with van der Waals surface area (Å²) >= 11 is 0. The van der Waals surface area contributed by atoms with Gasteiger partial charge in [-0.1, -0.05) is 12.1 Å². The predicted molar refractivity (Wildman–Crippen MR) is 79.8 cm³/mol. The summed E-state index contributed by atoms with van der Waals surface area (Å²) in [6.07, 6.45) is 6.11. The highest BCUT2D eigenvalue weighted by atomic mass is 16.5. The Labute approximate surface area is 126 Å². The number of hydrogen-bond acceptors (Lipinski definition) is 5. The molecule has 0 bridgehead atoms. The van der Waals surface area contributed by atoms with Gasteiger partial charge in [0.1, 0.15) is 0 Å².